The second-order valence-corrected chi connectivity index (χ2v) is 9.03. The third-order valence-electron chi connectivity index (χ3n) is 4.32. The molecule has 6 nitrogen and oxygen atoms in total. The van der Waals surface area contributed by atoms with Gasteiger partial charge in [-0.1, -0.05) is 52.8 Å². The smallest absolute Gasteiger partial charge is 0.244 e. The summed E-state index contributed by atoms with van der Waals surface area (Å²) >= 11 is 0. The average Bonchev–Trinajstić information content (AvgIpc) is 3.06. The number of hydrogen-bond donors (Lipinski definition) is 1. The zero-order valence-corrected chi connectivity index (χ0v) is 17.2. The van der Waals surface area contributed by atoms with Gasteiger partial charge in [0.15, 0.2) is 0 Å². The van der Waals surface area contributed by atoms with Crippen molar-refractivity contribution in [2.45, 2.75) is 44.9 Å². The first kappa shape index (κ1) is 20.6. The highest BCUT2D eigenvalue weighted by Crippen LogP contribution is 2.28. The van der Waals surface area contributed by atoms with E-state index in [1.165, 1.54) is 0 Å². The Morgan fingerprint density at radius 2 is 1.73 bits per heavy atom. The Balaban J connectivity index is 2.33. The molecule has 1 aromatic carbocycles. The molecule has 1 N–H and O–H groups in total. The fourth-order valence-corrected chi connectivity index (χ4v) is 4.10. The molecule has 0 atom stereocenters. The van der Waals surface area contributed by atoms with E-state index >= 15 is 0 Å². The summed E-state index contributed by atoms with van der Waals surface area (Å²) in [5, 5.41) is 4.58. The third kappa shape index (κ3) is 4.93. The Morgan fingerprint density at radius 3 is 2.27 bits per heavy atom. The predicted molar refractivity (Wildman–Crippen MR) is 105 cm³/mol. The van der Waals surface area contributed by atoms with Gasteiger partial charge in [0.05, 0.1) is 17.6 Å². The van der Waals surface area contributed by atoms with E-state index in [0.717, 1.165) is 18.8 Å². The SMILES string of the molecule is CCN(CC)CCNS(=O)(=O)c1cn(-c2ccccc2)nc1C(C)(C)C. The van der Waals surface area contributed by atoms with Crippen LogP contribution in [-0.2, 0) is 15.4 Å². The minimum Gasteiger partial charge on any atom is -0.303 e. The van der Waals surface area contributed by atoms with Crippen molar-refractivity contribution in [1.82, 2.24) is 19.4 Å². The van der Waals surface area contributed by atoms with Crippen LogP contribution >= 0.6 is 0 Å². The molecule has 2 rings (SSSR count). The lowest BCUT2D eigenvalue weighted by atomic mass is 9.92. The molecule has 0 unspecified atom stereocenters. The number of likely N-dealkylation sites (N-methyl/N-ethyl adjacent to an activating group) is 1. The van der Waals surface area contributed by atoms with Gasteiger partial charge in [-0.3, -0.25) is 0 Å². The van der Waals surface area contributed by atoms with Gasteiger partial charge in [-0.2, -0.15) is 5.10 Å². The van der Waals surface area contributed by atoms with Crippen LogP contribution in [0.25, 0.3) is 5.69 Å². The van der Waals surface area contributed by atoms with Gasteiger partial charge >= 0.3 is 0 Å². The highest BCUT2D eigenvalue weighted by Gasteiger charge is 2.30. The Labute approximate surface area is 157 Å². The first-order valence-corrected chi connectivity index (χ1v) is 10.5. The highest BCUT2D eigenvalue weighted by molar-refractivity contribution is 7.89. The van der Waals surface area contributed by atoms with Gasteiger partial charge < -0.3 is 4.90 Å². The van der Waals surface area contributed by atoms with E-state index in [2.05, 4.69) is 28.6 Å². The molecule has 0 aliphatic heterocycles. The minimum absolute atomic E-state index is 0.244. The van der Waals surface area contributed by atoms with Crippen LogP contribution in [0.3, 0.4) is 0 Å². The van der Waals surface area contributed by atoms with E-state index in [1.54, 1.807) is 10.9 Å². The molecular weight excluding hydrogens is 348 g/mol. The zero-order valence-electron chi connectivity index (χ0n) is 16.4. The van der Waals surface area contributed by atoms with Crippen LogP contribution in [0.4, 0.5) is 0 Å². The van der Waals surface area contributed by atoms with Crippen molar-refractivity contribution < 1.29 is 8.42 Å². The molecule has 0 aliphatic carbocycles. The van der Waals surface area contributed by atoms with Gasteiger partial charge in [-0.05, 0) is 25.2 Å². The van der Waals surface area contributed by atoms with Gasteiger partial charge in [0.1, 0.15) is 4.90 Å². The van der Waals surface area contributed by atoms with Crippen molar-refractivity contribution >= 4 is 10.0 Å². The van der Waals surface area contributed by atoms with Crippen LogP contribution in [0.15, 0.2) is 41.4 Å². The Hall–Kier alpha value is -1.70. The maximum atomic E-state index is 12.9. The van der Waals surface area contributed by atoms with E-state index < -0.39 is 10.0 Å². The van der Waals surface area contributed by atoms with Gasteiger partial charge in [0.25, 0.3) is 0 Å². The number of para-hydroxylation sites is 1. The number of benzene rings is 1. The lowest BCUT2D eigenvalue weighted by molar-refractivity contribution is 0.309. The maximum absolute atomic E-state index is 12.9. The van der Waals surface area contributed by atoms with Crippen molar-refractivity contribution in [1.29, 1.82) is 0 Å². The molecule has 0 radical (unpaired) electrons. The van der Waals surface area contributed by atoms with E-state index in [0.29, 0.717) is 18.8 Å². The fraction of sp³-hybridized carbons (Fsp3) is 0.526. The van der Waals surface area contributed by atoms with Crippen molar-refractivity contribution in [3.8, 4) is 5.69 Å². The molecule has 1 heterocycles. The van der Waals surface area contributed by atoms with E-state index in [1.807, 2.05) is 51.1 Å². The van der Waals surface area contributed by atoms with Gasteiger partial charge in [0.2, 0.25) is 10.0 Å². The molecule has 1 aromatic heterocycles. The molecule has 0 saturated carbocycles. The monoisotopic (exact) mass is 378 g/mol. The van der Waals surface area contributed by atoms with Crippen molar-refractivity contribution in [2.75, 3.05) is 26.2 Å². The quantitative estimate of drug-likeness (QED) is 0.767. The number of nitrogens with one attached hydrogen (secondary N) is 1. The number of aromatic nitrogens is 2. The lowest BCUT2D eigenvalue weighted by Crippen LogP contribution is -2.35. The number of nitrogens with zero attached hydrogens (tertiary/aromatic N) is 3. The summed E-state index contributed by atoms with van der Waals surface area (Å²) in [5.74, 6) is 0. The van der Waals surface area contributed by atoms with Crippen LogP contribution in [0.2, 0.25) is 0 Å². The highest BCUT2D eigenvalue weighted by atomic mass is 32.2. The lowest BCUT2D eigenvalue weighted by Gasteiger charge is -2.19. The van der Waals surface area contributed by atoms with E-state index in [4.69, 9.17) is 0 Å². The van der Waals surface area contributed by atoms with Crippen LogP contribution in [0.5, 0.6) is 0 Å². The summed E-state index contributed by atoms with van der Waals surface area (Å²) in [4.78, 5) is 2.43. The van der Waals surface area contributed by atoms with Gasteiger partial charge in [0, 0.05) is 18.5 Å². The Kier molecular flexibility index (Phi) is 6.60. The standard InChI is InChI=1S/C19H30N4O2S/c1-6-22(7-2)14-13-20-26(24,25)17-15-23(16-11-9-8-10-12-16)21-18(17)19(3,4)5/h8-12,15,20H,6-7,13-14H2,1-5H3. The van der Waals surface area contributed by atoms with Crippen molar-refractivity contribution in [3.63, 3.8) is 0 Å². The Morgan fingerprint density at radius 1 is 1.12 bits per heavy atom. The third-order valence-corrected chi connectivity index (χ3v) is 5.78. The van der Waals surface area contributed by atoms with Crippen molar-refractivity contribution in [2.24, 2.45) is 0 Å². The van der Waals surface area contributed by atoms with E-state index in [-0.39, 0.29) is 10.3 Å². The number of sulfonamides is 1. The summed E-state index contributed by atoms with van der Waals surface area (Å²) < 4.78 is 30.2. The van der Waals surface area contributed by atoms with Crippen LogP contribution in [0.1, 0.15) is 40.3 Å². The van der Waals surface area contributed by atoms with Gasteiger partial charge in [-0.15, -0.1) is 0 Å². The average molecular weight is 379 g/mol. The van der Waals surface area contributed by atoms with Crippen LogP contribution in [-0.4, -0.2) is 49.3 Å². The summed E-state index contributed by atoms with van der Waals surface area (Å²) in [5.41, 5.74) is 1.02. The van der Waals surface area contributed by atoms with Crippen molar-refractivity contribution in [3.05, 3.63) is 42.2 Å². The van der Waals surface area contributed by atoms with E-state index in [9.17, 15) is 8.42 Å². The van der Waals surface area contributed by atoms with Crippen LogP contribution in [0, 0.1) is 0 Å². The number of hydrogen-bond acceptors (Lipinski definition) is 4. The topological polar surface area (TPSA) is 67.2 Å². The molecule has 0 fully saturated rings. The molecule has 0 amide bonds. The summed E-state index contributed by atoms with van der Waals surface area (Å²) in [6.45, 7) is 12.9. The molecule has 0 spiro atoms. The fourth-order valence-electron chi connectivity index (χ4n) is 2.74. The molecule has 0 saturated heterocycles. The first-order valence-electron chi connectivity index (χ1n) is 9.06. The molecular formula is C19H30N4O2S. The van der Waals surface area contributed by atoms with Gasteiger partial charge in [-0.25, -0.2) is 17.8 Å². The first-order chi connectivity index (χ1) is 12.2. The predicted octanol–water partition coefficient (Wildman–Crippen LogP) is 2.79. The second-order valence-electron chi connectivity index (χ2n) is 7.30. The molecule has 2 aromatic rings. The normalized spacial score (nSPS) is 12.7. The molecule has 7 heteroatoms. The summed E-state index contributed by atoms with van der Waals surface area (Å²) in [6, 6.07) is 9.55. The minimum atomic E-state index is -3.63. The molecule has 144 valence electrons. The number of rotatable bonds is 8. The molecule has 26 heavy (non-hydrogen) atoms. The van der Waals surface area contributed by atoms with Crippen LogP contribution < -0.4 is 4.72 Å². The molecule has 0 bridgehead atoms. The maximum Gasteiger partial charge on any atom is 0.244 e. The largest absolute Gasteiger partial charge is 0.303 e. The summed E-state index contributed by atoms with van der Waals surface area (Å²) in [6.07, 6.45) is 1.61. The Bertz CT molecular complexity index is 804. The zero-order chi connectivity index (χ0) is 19.4. The summed E-state index contributed by atoms with van der Waals surface area (Å²) in [7, 11) is -3.63. The molecule has 0 aliphatic rings. The second kappa shape index (κ2) is 8.33.